The van der Waals surface area contributed by atoms with Crippen LogP contribution in [0.5, 0.6) is 0 Å². The van der Waals surface area contributed by atoms with Gasteiger partial charge in [-0.2, -0.15) is 0 Å². The molecule has 0 N–H and O–H groups in total. The Bertz CT molecular complexity index is 249. The van der Waals surface area contributed by atoms with Gasteiger partial charge in [0.15, 0.2) is 0 Å². The van der Waals surface area contributed by atoms with Gasteiger partial charge in [0.1, 0.15) is 0 Å². The Morgan fingerprint density at radius 3 is 2.80 bits per heavy atom. The molecule has 0 radical (unpaired) electrons. The first-order valence-corrected chi connectivity index (χ1v) is 7.05. The minimum absolute atomic E-state index is 1.07. The lowest BCUT2D eigenvalue weighted by Crippen LogP contribution is -2.47. The van der Waals surface area contributed by atoms with Gasteiger partial charge in [-0.25, -0.2) is 0 Å². The van der Waals surface area contributed by atoms with Crippen molar-refractivity contribution in [3.63, 3.8) is 0 Å². The third kappa shape index (κ3) is 1.57. The smallest absolute Gasteiger partial charge is 0.0317 e. The van der Waals surface area contributed by atoms with Gasteiger partial charge in [-0.3, -0.25) is 0 Å². The second-order valence-electron chi connectivity index (χ2n) is 6.03. The molecule has 0 heterocycles. The van der Waals surface area contributed by atoms with E-state index in [1.54, 1.807) is 19.3 Å². The Balaban J connectivity index is 1.76. The molecule has 3 aliphatic carbocycles. The topological polar surface area (TPSA) is 0 Å². The molecule has 15 heavy (non-hydrogen) atoms. The van der Waals surface area contributed by atoms with Gasteiger partial charge in [0.05, 0.1) is 0 Å². The van der Waals surface area contributed by atoms with Gasteiger partial charge in [-0.15, -0.1) is 0 Å². The van der Waals surface area contributed by atoms with Crippen molar-refractivity contribution in [2.45, 2.75) is 51.9 Å². The molecule has 0 spiro atoms. The fourth-order valence-corrected chi connectivity index (χ4v) is 4.69. The van der Waals surface area contributed by atoms with E-state index in [-0.39, 0.29) is 0 Å². The number of hydrogen-bond acceptors (Lipinski definition) is 0. The molecule has 0 amide bonds. The molecular formula is C15H24. The zero-order valence-corrected chi connectivity index (χ0v) is 9.99. The molecule has 0 bridgehead atoms. The van der Waals surface area contributed by atoms with Crippen LogP contribution >= 0.6 is 0 Å². The van der Waals surface area contributed by atoms with Crippen LogP contribution in [0.4, 0.5) is 0 Å². The standard InChI is InChI=1S/C15H24/c1-2-11-10-13-9-8-12-6-4-3-5-7-14(12)15(11)13/h3,5,11-15H,2,4,6-10H2,1H3. The summed E-state index contributed by atoms with van der Waals surface area (Å²) in [5, 5.41) is 0. The van der Waals surface area contributed by atoms with E-state index in [0.717, 1.165) is 29.6 Å². The van der Waals surface area contributed by atoms with E-state index < -0.39 is 0 Å². The molecule has 0 aromatic rings. The molecule has 0 nitrogen and oxygen atoms in total. The van der Waals surface area contributed by atoms with Crippen LogP contribution in [0.25, 0.3) is 0 Å². The predicted octanol–water partition coefficient (Wildman–Crippen LogP) is 4.42. The minimum atomic E-state index is 1.07. The van der Waals surface area contributed by atoms with Crippen molar-refractivity contribution in [1.82, 2.24) is 0 Å². The zero-order valence-electron chi connectivity index (χ0n) is 9.99. The lowest BCUT2D eigenvalue weighted by atomic mass is 9.50. The molecule has 0 aliphatic heterocycles. The monoisotopic (exact) mass is 204 g/mol. The summed E-state index contributed by atoms with van der Waals surface area (Å²) in [6.07, 6.45) is 15.3. The Labute approximate surface area is 94.1 Å². The SMILES string of the molecule is CCC1CC2CCC3CCC=CCC3C12. The molecule has 0 saturated heterocycles. The molecular weight excluding hydrogens is 180 g/mol. The van der Waals surface area contributed by atoms with Crippen molar-refractivity contribution in [2.75, 3.05) is 0 Å². The fourth-order valence-electron chi connectivity index (χ4n) is 4.69. The molecule has 3 rings (SSSR count). The molecule has 0 aromatic carbocycles. The summed E-state index contributed by atoms with van der Waals surface area (Å²) in [6, 6.07) is 0. The van der Waals surface area contributed by atoms with Gasteiger partial charge in [0, 0.05) is 0 Å². The highest BCUT2D eigenvalue weighted by atomic mass is 14.5. The Hall–Kier alpha value is -0.260. The summed E-state index contributed by atoms with van der Waals surface area (Å²) in [4.78, 5) is 0. The number of rotatable bonds is 1. The quantitative estimate of drug-likeness (QED) is 0.555. The molecule has 5 unspecified atom stereocenters. The third-order valence-electron chi connectivity index (χ3n) is 5.51. The molecule has 2 saturated carbocycles. The van der Waals surface area contributed by atoms with Crippen LogP contribution in [0.3, 0.4) is 0 Å². The van der Waals surface area contributed by atoms with Crippen LogP contribution < -0.4 is 0 Å². The second-order valence-corrected chi connectivity index (χ2v) is 6.03. The maximum Gasteiger partial charge on any atom is -0.0317 e. The summed E-state index contributed by atoms with van der Waals surface area (Å²) in [5.74, 6) is 5.49. The minimum Gasteiger partial charge on any atom is -0.0885 e. The number of fused-ring (bicyclic) bond motifs is 3. The van der Waals surface area contributed by atoms with E-state index in [1.165, 1.54) is 25.7 Å². The number of hydrogen-bond donors (Lipinski definition) is 0. The summed E-state index contributed by atoms with van der Waals surface area (Å²) < 4.78 is 0. The molecule has 2 fully saturated rings. The van der Waals surface area contributed by atoms with Crippen molar-refractivity contribution >= 4 is 0 Å². The molecule has 5 atom stereocenters. The van der Waals surface area contributed by atoms with Crippen molar-refractivity contribution in [3.8, 4) is 0 Å². The maximum atomic E-state index is 2.48. The van der Waals surface area contributed by atoms with E-state index in [0.29, 0.717) is 0 Å². The van der Waals surface area contributed by atoms with E-state index in [4.69, 9.17) is 0 Å². The van der Waals surface area contributed by atoms with Gasteiger partial charge in [-0.05, 0) is 68.1 Å². The van der Waals surface area contributed by atoms with Crippen LogP contribution in [0.15, 0.2) is 12.2 Å². The van der Waals surface area contributed by atoms with Gasteiger partial charge in [0.2, 0.25) is 0 Å². The lowest BCUT2D eigenvalue weighted by molar-refractivity contribution is -0.0507. The van der Waals surface area contributed by atoms with Crippen molar-refractivity contribution in [2.24, 2.45) is 29.6 Å². The first kappa shape index (κ1) is 9.93. The van der Waals surface area contributed by atoms with E-state index in [9.17, 15) is 0 Å². The Morgan fingerprint density at radius 2 is 1.93 bits per heavy atom. The zero-order chi connectivity index (χ0) is 10.3. The molecule has 84 valence electrons. The number of allylic oxidation sites excluding steroid dienone is 2. The van der Waals surface area contributed by atoms with E-state index in [1.807, 2.05) is 0 Å². The first-order chi connectivity index (χ1) is 7.40. The average Bonchev–Trinajstić information content (AvgIpc) is 2.43. The van der Waals surface area contributed by atoms with Crippen LogP contribution in [-0.4, -0.2) is 0 Å². The van der Waals surface area contributed by atoms with Gasteiger partial charge < -0.3 is 0 Å². The highest BCUT2D eigenvalue weighted by molar-refractivity contribution is 5.02. The van der Waals surface area contributed by atoms with E-state index >= 15 is 0 Å². The molecule has 0 heteroatoms. The summed E-state index contributed by atoms with van der Waals surface area (Å²) in [5.41, 5.74) is 0. The largest absolute Gasteiger partial charge is 0.0885 e. The predicted molar refractivity (Wildman–Crippen MR) is 64.6 cm³/mol. The Morgan fingerprint density at radius 1 is 1.07 bits per heavy atom. The van der Waals surface area contributed by atoms with Crippen molar-refractivity contribution in [3.05, 3.63) is 12.2 Å². The lowest BCUT2D eigenvalue weighted by Gasteiger charge is -2.55. The maximum absolute atomic E-state index is 2.48. The summed E-state index contributed by atoms with van der Waals surface area (Å²) in [6.45, 7) is 2.40. The fraction of sp³-hybridized carbons (Fsp3) is 0.867. The highest BCUT2D eigenvalue weighted by Crippen LogP contribution is 2.57. The first-order valence-electron chi connectivity index (χ1n) is 7.05. The van der Waals surface area contributed by atoms with Crippen molar-refractivity contribution < 1.29 is 0 Å². The van der Waals surface area contributed by atoms with Crippen LogP contribution in [0.1, 0.15) is 51.9 Å². The third-order valence-corrected chi connectivity index (χ3v) is 5.51. The normalized spacial score (nSPS) is 48.7. The van der Waals surface area contributed by atoms with Crippen LogP contribution in [-0.2, 0) is 0 Å². The van der Waals surface area contributed by atoms with Crippen LogP contribution in [0.2, 0.25) is 0 Å². The van der Waals surface area contributed by atoms with Crippen LogP contribution in [0, 0.1) is 29.6 Å². The van der Waals surface area contributed by atoms with Gasteiger partial charge in [-0.1, -0.05) is 25.5 Å². The van der Waals surface area contributed by atoms with Gasteiger partial charge >= 0.3 is 0 Å². The molecule has 0 aromatic heterocycles. The second kappa shape index (κ2) is 3.96. The molecule has 3 aliphatic rings. The highest BCUT2D eigenvalue weighted by Gasteiger charge is 2.48. The van der Waals surface area contributed by atoms with Gasteiger partial charge in [0.25, 0.3) is 0 Å². The summed E-state index contributed by atoms with van der Waals surface area (Å²) >= 11 is 0. The van der Waals surface area contributed by atoms with E-state index in [2.05, 4.69) is 19.1 Å². The van der Waals surface area contributed by atoms with Crippen molar-refractivity contribution in [1.29, 1.82) is 0 Å². The Kier molecular flexibility index (Phi) is 2.62. The summed E-state index contributed by atoms with van der Waals surface area (Å²) in [7, 11) is 0. The average molecular weight is 204 g/mol.